The van der Waals surface area contributed by atoms with Crippen LogP contribution in [0, 0.1) is 19.8 Å². The third kappa shape index (κ3) is 3.20. The molecule has 2 heterocycles. The molecule has 1 aromatic heterocycles. The largest absolute Gasteiger partial charge is 0.351 e. The molecular weight excluding hydrogens is 252 g/mol. The molecule has 1 aliphatic rings. The van der Waals surface area contributed by atoms with E-state index in [1.54, 1.807) is 0 Å². The Labute approximate surface area is 121 Å². The molecule has 20 heavy (non-hydrogen) atoms. The lowest BCUT2D eigenvalue weighted by molar-refractivity contribution is -0.124. The summed E-state index contributed by atoms with van der Waals surface area (Å²) in [6.45, 7) is 7.74. The van der Waals surface area contributed by atoms with Gasteiger partial charge in [-0.05, 0) is 39.2 Å². The predicted octanol–water partition coefficient (Wildman–Crippen LogP) is 1.43. The average molecular weight is 278 g/mol. The van der Waals surface area contributed by atoms with E-state index < -0.39 is 0 Å². The molecule has 0 bridgehead atoms. The van der Waals surface area contributed by atoms with E-state index in [9.17, 15) is 4.79 Å². The van der Waals surface area contributed by atoms with E-state index in [2.05, 4.69) is 22.7 Å². The number of rotatable bonds is 4. The predicted molar refractivity (Wildman–Crippen MR) is 79.3 cm³/mol. The molecule has 0 aliphatic carbocycles. The molecule has 0 radical (unpaired) electrons. The zero-order chi connectivity index (χ0) is 14.7. The van der Waals surface area contributed by atoms with E-state index in [1.807, 2.05) is 25.6 Å². The van der Waals surface area contributed by atoms with Gasteiger partial charge < -0.3 is 10.6 Å². The summed E-state index contributed by atoms with van der Waals surface area (Å²) in [6.07, 6.45) is 3.29. The number of aromatic nitrogens is 2. The fourth-order valence-corrected chi connectivity index (χ4v) is 2.94. The van der Waals surface area contributed by atoms with Crippen molar-refractivity contribution >= 4 is 5.91 Å². The van der Waals surface area contributed by atoms with Gasteiger partial charge in [0.05, 0.1) is 11.7 Å². The quantitative estimate of drug-likeness (QED) is 0.876. The van der Waals surface area contributed by atoms with Crippen LogP contribution in [0.15, 0.2) is 0 Å². The summed E-state index contributed by atoms with van der Waals surface area (Å²) in [5.74, 6) is 0.791. The molecule has 2 atom stereocenters. The number of carbonyl (C=O) groups excluding carboxylic acids is 1. The van der Waals surface area contributed by atoms with Gasteiger partial charge in [-0.3, -0.25) is 9.48 Å². The van der Waals surface area contributed by atoms with E-state index in [0.717, 1.165) is 36.3 Å². The Kier molecular flexibility index (Phi) is 4.81. The molecule has 1 saturated heterocycles. The van der Waals surface area contributed by atoms with Gasteiger partial charge in [0.1, 0.15) is 0 Å². The van der Waals surface area contributed by atoms with Crippen molar-refractivity contribution in [3.05, 3.63) is 17.0 Å². The second-order valence-corrected chi connectivity index (χ2v) is 5.80. The summed E-state index contributed by atoms with van der Waals surface area (Å²) in [7, 11) is 1.93. The maximum Gasteiger partial charge on any atom is 0.237 e. The molecule has 5 heteroatoms. The summed E-state index contributed by atoms with van der Waals surface area (Å²) in [6, 6.07) is -0.0361. The highest BCUT2D eigenvalue weighted by atomic mass is 16.2. The number of carbonyl (C=O) groups is 1. The third-order valence-electron chi connectivity index (χ3n) is 4.50. The van der Waals surface area contributed by atoms with Crippen LogP contribution in [0.1, 0.15) is 43.1 Å². The first-order valence-electron chi connectivity index (χ1n) is 7.53. The number of hydrogen-bond donors (Lipinski definition) is 2. The van der Waals surface area contributed by atoms with E-state index in [0.29, 0.717) is 12.5 Å². The lowest BCUT2D eigenvalue weighted by Crippen LogP contribution is -2.48. The molecule has 0 aromatic carbocycles. The van der Waals surface area contributed by atoms with Gasteiger partial charge in [0.15, 0.2) is 0 Å². The van der Waals surface area contributed by atoms with Crippen molar-refractivity contribution < 1.29 is 4.79 Å². The Morgan fingerprint density at radius 3 is 2.85 bits per heavy atom. The Morgan fingerprint density at radius 1 is 1.50 bits per heavy atom. The molecule has 0 spiro atoms. The normalized spacial score (nSPS) is 22.8. The van der Waals surface area contributed by atoms with E-state index in [-0.39, 0.29) is 11.9 Å². The van der Waals surface area contributed by atoms with Gasteiger partial charge in [-0.2, -0.15) is 5.10 Å². The van der Waals surface area contributed by atoms with Crippen LogP contribution in [0.5, 0.6) is 0 Å². The van der Waals surface area contributed by atoms with Gasteiger partial charge in [0, 0.05) is 24.8 Å². The molecular formula is C15H26N4O. The van der Waals surface area contributed by atoms with Crippen LogP contribution >= 0.6 is 0 Å². The van der Waals surface area contributed by atoms with Crippen LogP contribution in [-0.2, 0) is 18.4 Å². The van der Waals surface area contributed by atoms with Crippen molar-refractivity contribution in [2.24, 2.45) is 13.0 Å². The Hall–Kier alpha value is -1.36. The molecule has 112 valence electrons. The first-order valence-corrected chi connectivity index (χ1v) is 7.53. The monoisotopic (exact) mass is 278 g/mol. The van der Waals surface area contributed by atoms with Crippen LogP contribution in [0.25, 0.3) is 0 Å². The molecule has 1 fully saturated rings. The van der Waals surface area contributed by atoms with Crippen LogP contribution < -0.4 is 10.6 Å². The summed E-state index contributed by atoms with van der Waals surface area (Å²) in [5.41, 5.74) is 3.24. The van der Waals surface area contributed by atoms with Gasteiger partial charge in [-0.1, -0.05) is 13.3 Å². The lowest BCUT2D eigenvalue weighted by atomic mass is 9.90. The Morgan fingerprint density at radius 2 is 2.25 bits per heavy atom. The highest BCUT2D eigenvalue weighted by molar-refractivity contribution is 5.81. The maximum atomic E-state index is 12.3. The number of nitrogens with one attached hydrogen (secondary N) is 2. The number of piperidine rings is 1. The summed E-state index contributed by atoms with van der Waals surface area (Å²) in [4.78, 5) is 12.3. The SMILES string of the molecule is CCC1CCNC(C(=O)NCc2c(C)nn(C)c2C)C1. The van der Waals surface area contributed by atoms with Crippen LogP contribution in [-0.4, -0.2) is 28.3 Å². The van der Waals surface area contributed by atoms with Crippen molar-refractivity contribution in [2.75, 3.05) is 6.54 Å². The van der Waals surface area contributed by atoms with Gasteiger partial charge in [-0.25, -0.2) is 0 Å². The molecule has 2 N–H and O–H groups in total. The van der Waals surface area contributed by atoms with Crippen LogP contribution in [0.2, 0.25) is 0 Å². The molecule has 1 aromatic rings. The average Bonchev–Trinajstić information content (AvgIpc) is 2.70. The third-order valence-corrected chi connectivity index (χ3v) is 4.50. The van der Waals surface area contributed by atoms with Gasteiger partial charge >= 0.3 is 0 Å². The zero-order valence-corrected chi connectivity index (χ0v) is 13.0. The minimum Gasteiger partial charge on any atom is -0.351 e. The summed E-state index contributed by atoms with van der Waals surface area (Å²) >= 11 is 0. The highest BCUT2D eigenvalue weighted by Crippen LogP contribution is 2.19. The summed E-state index contributed by atoms with van der Waals surface area (Å²) in [5, 5.41) is 10.8. The minimum absolute atomic E-state index is 0.0361. The molecule has 1 aliphatic heterocycles. The second kappa shape index (κ2) is 6.39. The second-order valence-electron chi connectivity index (χ2n) is 5.80. The topological polar surface area (TPSA) is 59.0 Å². The van der Waals surface area contributed by atoms with Crippen molar-refractivity contribution in [2.45, 2.75) is 52.6 Å². The number of nitrogens with zero attached hydrogens (tertiary/aromatic N) is 2. The van der Waals surface area contributed by atoms with Crippen molar-refractivity contribution in [3.63, 3.8) is 0 Å². The molecule has 2 unspecified atom stereocenters. The van der Waals surface area contributed by atoms with Gasteiger partial charge in [0.2, 0.25) is 5.91 Å². The first-order chi connectivity index (χ1) is 9.52. The van der Waals surface area contributed by atoms with Gasteiger partial charge in [0.25, 0.3) is 0 Å². The van der Waals surface area contributed by atoms with E-state index >= 15 is 0 Å². The van der Waals surface area contributed by atoms with Crippen LogP contribution in [0.4, 0.5) is 0 Å². The van der Waals surface area contributed by atoms with E-state index in [4.69, 9.17) is 0 Å². The number of aryl methyl sites for hydroxylation is 2. The number of hydrogen-bond acceptors (Lipinski definition) is 3. The number of amides is 1. The lowest BCUT2D eigenvalue weighted by Gasteiger charge is -2.28. The molecule has 1 amide bonds. The first kappa shape index (κ1) is 15.0. The van der Waals surface area contributed by atoms with Crippen molar-refractivity contribution in [1.82, 2.24) is 20.4 Å². The Bertz CT molecular complexity index is 480. The van der Waals surface area contributed by atoms with E-state index in [1.165, 1.54) is 6.42 Å². The fraction of sp³-hybridized carbons (Fsp3) is 0.733. The maximum absolute atomic E-state index is 12.3. The highest BCUT2D eigenvalue weighted by Gasteiger charge is 2.25. The van der Waals surface area contributed by atoms with Crippen molar-refractivity contribution in [1.29, 1.82) is 0 Å². The smallest absolute Gasteiger partial charge is 0.237 e. The Balaban J connectivity index is 1.91. The molecule has 0 saturated carbocycles. The summed E-state index contributed by atoms with van der Waals surface area (Å²) < 4.78 is 1.86. The van der Waals surface area contributed by atoms with Crippen LogP contribution in [0.3, 0.4) is 0 Å². The molecule has 5 nitrogen and oxygen atoms in total. The van der Waals surface area contributed by atoms with Gasteiger partial charge in [-0.15, -0.1) is 0 Å². The fourth-order valence-electron chi connectivity index (χ4n) is 2.94. The molecule has 2 rings (SSSR count). The van der Waals surface area contributed by atoms with Crippen molar-refractivity contribution in [3.8, 4) is 0 Å². The standard InChI is InChI=1S/C15H26N4O/c1-5-12-6-7-16-14(8-12)15(20)17-9-13-10(2)18-19(4)11(13)3/h12,14,16H,5-9H2,1-4H3,(H,17,20). The zero-order valence-electron chi connectivity index (χ0n) is 13.0. The minimum atomic E-state index is -0.0361.